The molecule has 0 radical (unpaired) electrons. The second kappa shape index (κ2) is 3.29. The molecule has 1 heterocycles. The van der Waals surface area contributed by atoms with Gasteiger partial charge in [-0.2, -0.15) is 0 Å². The van der Waals surface area contributed by atoms with E-state index in [9.17, 15) is 15.0 Å². The van der Waals surface area contributed by atoms with E-state index in [1.54, 1.807) is 12.1 Å². The zero-order valence-electron chi connectivity index (χ0n) is 7.54. The Morgan fingerprint density at radius 2 is 2.13 bits per heavy atom. The highest BCUT2D eigenvalue weighted by Crippen LogP contribution is 2.30. The number of benzene rings is 1. The van der Waals surface area contributed by atoms with Gasteiger partial charge in [0.1, 0.15) is 17.1 Å². The van der Waals surface area contributed by atoms with Gasteiger partial charge >= 0.3 is 5.97 Å². The molecular weight excluding hydrogens is 200 g/mol. The first-order chi connectivity index (χ1) is 7.09. The number of furan rings is 1. The van der Waals surface area contributed by atoms with Crippen molar-refractivity contribution in [2.75, 3.05) is 0 Å². The molecule has 0 aliphatic carbocycles. The number of carboxylic acid groups (broad SMARTS) is 1. The SMILES string of the molecule is O=C(O)C(O)c1cc2c(O)cccc2o1. The summed E-state index contributed by atoms with van der Waals surface area (Å²) in [5.74, 6) is -1.51. The van der Waals surface area contributed by atoms with E-state index in [1.807, 2.05) is 0 Å². The van der Waals surface area contributed by atoms with Crippen molar-refractivity contribution in [3.63, 3.8) is 0 Å². The van der Waals surface area contributed by atoms with Gasteiger partial charge in [-0.05, 0) is 18.2 Å². The number of aromatic hydroxyl groups is 1. The summed E-state index contributed by atoms with van der Waals surface area (Å²) in [5.41, 5.74) is 0.338. The van der Waals surface area contributed by atoms with Crippen LogP contribution in [0.2, 0.25) is 0 Å². The highest BCUT2D eigenvalue weighted by Gasteiger charge is 2.21. The van der Waals surface area contributed by atoms with Gasteiger partial charge in [0.2, 0.25) is 6.10 Å². The summed E-state index contributed by atoms with van der Waals surface area (Å²) in [6.45, 7) is 0. The van der Waals surface area contributed by atoms with Gasteiger partial charge in [0.15, 0.2) is 0 Å². The van der Waals surface area contributed by atoms with E-state index in [0.29, 0.717) is 11.0 Å². The van der Waals surface area contributed by atoms with Gasteiger partial charge in [-0.25, -0.2) is 4.79 Å². The second-order valence-electron chi connectivity index (χ2n) is 3.08. The predicted molar refractivity (Wildman–Crippen MR) is 50.5 cm³/mol. The number of aliphatic carboxylic acids is 1. The highest BCUT2D eigenvalue weighted by molar-refractivity contribution is 5.85. The summed E-state index contributed by atoms with van der Waals surface area (Å²) in [6, 6.07) is 5.91. The molecule has 1 aromatic carbocycles. The minimum absolute atomic E-state index is 0.0138. The zero-order valence-corrected chi connectivity index (χ0v) is 7.54. The fourth-order valence-electron chi connectivity index (χ4n) is 1.32. The number of aliphatic hydroxyl groups is 1. The third-order valence-electron chi connectivity index (χ3n) is 2.06. The van der Waals surface area contributed by atoms with Gasteiger partial charge in [-0.1, -0.05) is 6.07 Å². The van der Waals surface area contributed by atoms with Gasteiger partial charge in [-0.3, -0.25) is 0 Å². The van der Waals surface area contributed by atoms with Crippen LogP contribution in [0, 0.1) is 0 Å². The summed E-state index contributed by atoms with van der Waals surface area (Å²) in [5, 5.41) is 27.6. The number of phenolic OH excluding ortho intramolecular Hbond substituents is 1. The van der Waals surface area contributed by atoms with E-state index in [1.165, 1.54) is 12.1 Å². The Balaban J connectivity index is 2.56. The van der Waals surface area contributed by atoms with E-state index >= 15 is 0 Å². The van der Waals surface area contributed by atoms with E-state index in [-0.39, 0.29) is 11.5 Å². The Morgan fingerprint density at radius 3 is 2.73 bits per heavy atom. The van der Waals surface area contributed by atoms with Crippen LogP contribution >= 0.6 is 0 Å². The lowest BCUT2D eigenvalue weighted by atomic mass is 10.2. The summed E-state index contributed by atoms with van der Waals surface area (Å²) in [6.07, 6.45) is -1.71. The molecule has 0 saturated carbocycles. The first kappa shape index (κ1) is 9.54. The van der Waals surface area contributed by atoms with Crippen LogP contribution in [0.3, 0.4) is 0 Å². The number of fused-ring (bicyclic) bond motifs is 1. The number of carboxylic acids is 1. The summed E-state index contributed by atoms with van der Waals surface area (Å²) >= 11 is 0. The van der Waals surface area contributed by atoms with Crippen molar-refractivity contribution >= 4 is 16.9 Å². The highest BCUT2D eigenvalue weighted by atomic mass is 16.4. The zero-order chi connectivity index (χ0) is 11.0. The molecule has 1 aromatic heterocycles. The molecule has 5 heteroatoms. The molecule has 0 saturated heterocycles. The molecule has 5 nitrogen and oxygen atoms in total. The molecule has 0 spiro atoms. The first-order valence-corrected chi connectivity index (χ1v) is 4.22. The van der Waals surface area contributed by atoms with E-state index < -0.39 is 12.1 Å². The smallest absolute Gasteiger partial charge is 0.340 e. The monoisotopic (exact) mass is 208 g/mol. The Labute approximate surface area is 84.2 Å². The summed E-state index contributed by atoms with van der Waals surface area (Å²) in [4.78, 5) is 10.5. The van der Waals surface area contributed by atoms with Crippen molar-refractivity contribution in [2.45, 2.75) is 6.10 Å². The topological polar surface area (TPSA) is 90.9 Å². The molecule has 78 valence electrons. The Morgan fingerprint density at radius 1 is 1.40 bits per heavy atom. The van der Waals surface area contributed by atoms with Gasteiger partial charge in [-0.15, -0.1) is 0 Å². The van der Waals surface area contributed by atoms with Crippen molar-refractivity contribution in [2.24, 2.45) is 0 Å². The third kappa shape index (κ3) is 1.53. The number of phenols is 1. The lowest BCUT2D eigenvalue weighted by molar-refractivity contribution is -0.147. The molecular formula is C10H8O5. The van der Waals surface area contributed by atoms with E-state index in [2.05, 4.69) is 0 Å². The van der Waals surface area contributed by atoms with Gasteiger partial charge in [0.25, 0.3) is 0 Å². The average Bonchev–Trinajstić information content (AvgIpc) is 2.61. The van der Waals surface area contributed by atoms with E-state index in [4.69, 9.17) is 9.52 Å². The quantitative estimate of drug-likeness (QED) is 0.691. The molecule has 0 fully saturated rings. The Kier molecular flexibility index (Phi) is 2.09. The largest absolute Gasteiger partial charge is 0.507 e. The van der Waals surface area contributed by atoms with Crippen LogP contribution in [0.4, 0.5) is 0 Å². The Hall–Kier alpha value is -2.01. The van der Waals surface area contributed by atoms with Crippen LogP contribution < -0.4 is 0 Å². The van der Waals surface area contributed by atoms with Crippen molar-refractivity contribution in [3.8, 4) is 5.75 Å². The van der Waals surface area contributed by atoms with Crippen LogP contribution in [0.1, 0.15) is 11.9 Å². The van der Waals surface area contributed by atoms with Crippen molar-refractivity contribution in [1.29, 1.82) is 0 Å². The van der Waals surface area contributed by atoms with Crippen LogP contribution in [-0.4, -0.2) is 21.3 Å². The molecule has 0 aliphatic rings. The maximum Gasteiger partial charge on any atom is 0.340 e. The summed E-state index contributed by atoms with van der Waals surface area (Å²) < 4.78 is 5.08. The molecule has 1 atom stereocenters. The lowest BCUT2D eigenvalue weighted by Crippen LogP contribution is -2.09. The average molecular weight is 208 g/mol. The third-order valence-corrected chi connectivity index (χ3v) is 2.06. The number of hydrogen-bond acceptors (Lipinski definition) is 4. The first-order valence-electron chi connectivity index (χ1n) is 4.22. The molecule has 1 unspecified atom stereocenters. The number of rotatable bonds is 2. The lowest BCUT2D eigenvalue weighted by Gasteiger charge is -1.98. The normalized spacial score (nSPS) is 12.9. The molecule has 3 N–H and O–H groups in total. The molecule has 15 heavy (non-hydrogen) atoms. The van der Waals surface area contributed by atoms with Crippen LogP contribution in [0.25, 0.3) is 11.0 Å². The second-order valence-corrected chi connectivity index (χ2v) is 3.08. The van der Waals surface area contributed by atoms with Gasteiger partial charge < -0.3 is 19.7 Å². The van der Waals surface area contributed by atoms with Gasteiger partial charge in [0.05, 0.1) is 5.39 Å². The number of aliphatic hydroxyl groups excluding tert-OH is 1. The van der Waals surface area contributed by atoms with Crippen molar-refractivity contribution < 1.29 is 24.5 Å². The van der Waals surface area contributed by atoms with Crippen LogP contribution in [-0.2, 0) is 4.79 Å². The minimum Gasteiger partial charge on any atom is -0.507 e. The van der Waals surface area contributed by atoms with E-state index in [0.717, 1.165) is 0 Å². The standard InChI is InChI=1S/C10H8O5/c11-6-2-1-3-7-5(6)4-8(15-7)9(12)10(13)14/h1-4,9,11-12H,(H,13,14). The van der Waals surface area contributed by atoms with Crippen LogP contribution in [0.5, 0.6) is 5.75 Å². The maximum atomic E-state index is 10.5. The minimum atomic E-state index is -1.71. The fraction of sp³-hybridized carbons (Fsp3) is 0.100. The Bertz CT molecular complexity index is 514. The molecule has 0 bridgehead atoms. The van der Waals surface area contributed by atoms with Crippen LogP contribution in [0.15, 0.2) is 28.7 Å². The molecule has 0 aliphatic heterocycles. The van der Waals surface area contributed by atoms with Crippen molar-refractivity contribution in [1.82, 2.24) is 0 Å². The van der Waals surface area contributed by atoms with Gasteiger partial charge in [0, 0.05) is 0 Å². The maximum absolute atomic E-state index is 10.5. The number of carbonyl (C=O) groups is 1. The molecule has 2 aromatic rings. The fourth-order valence-corrected chi connectivity index (χ4v) is 1.32. The molecule has 0 amide bonds. The predicted octanol–water partition coefficient (Wildman–Crippen LogP) is 1.26. The number of hydrogen-bond donors (Lipinski definition) is 3. The molecule has 2 rings (SSSR count). The van der Waals surface area contributed by atoms with Crippen molar-refractivity contribution in [3.05, 3.63) is 30.0 Å². The summed E-state index contributed by atoms with van der Waals surface area (Å²) in [7, 11) is 0.